The van der Waals surface area contributed by atoms with Crippen molar-refractivity contribution in [1.29, 1.82) is 0 Å². The van der Waals surface area contributed by atoms with E-state index in [9.17, 15) is 4.79 Å². The van der Waals surface area contributed by atoms with Crippen LogP contribution in [0.25, 0.3) is 0 Å². The Morgan fingerprint density at radius 2 is 1.92 bits per heavy atom. The first-order chi connectivity index (χ1) is 12.6. The summed E-state index contributed by atoms with van der Waals surface area (Å²) in [6.45, 7) is 2.78. The molecule has 2 aromatic carbocycles. The molecule has 26 heavy (non-hydrogen) atoms. The molecule has 138 valence electrons. The number of thioether (sulfide) groups is 1. The summed E-state index contributed by atoms with van der Waals surface area (Å²) in [5, 5.41) is -0.123. The van der Waals surface area contributed by atoms with Crippen LogP contribution in [0.2, 0.25) is 0 Å². The molecule has 2 aromatic rings. The third kappa shape index (κ3) is 3.98. The summed E-state index contributed by atoms with van der Waals surface area (Å²) >= 11 is 1.61. The molecule has 1 fully saturated rings. The molecule has 4 nitrogen and oxygen atoms in total. The highest BCUT2D eigenvalue weighted by Crippen LogP contribution is 2.40. The highest BCUT2D eigenvalue weighted by molar-refractivity contribution is 8.00. The molecular formula is C21H25NO3S. The number of amides is 1. The van der Waals surface area contributed by atoms with E-state index < -0.39 is 0 Å². The van der Waals surface area contributed by atoms with Gasteiger partial charge in [-0.25, -0.2) is 0 Å². The minimum absolute atomic E-state index is 0.0576. The van der Waals surface area contributed by atoms with Crippen LogP contribution in [0.5, 0.6) is 11.5 Å². The van der Waals surface area contributed by atoms with Crippen molar-refractivity contribution in [3.8, 4) is 11.5 Å². The molecule has 1 aliphatic heterocycles. The van der Waals surface area contributed by atoms with E-state index in [-0.39, 0.29) is 17.2 Å². The molecule has 0 N–H and O–H groups in total. The molecule has 1 aliphatic rings. The second kappa shape index (κ2) is 8.49. The molecule has 0 spiro atoms. The number of carbonyl (C=O) groups excluding carboxylic acids is 1. The minimum Gasteiger partial charge on any atom is -0.497 e. The van der Waals surface area contributed by atoms with Gasteiger partial charge in [-0.3, -0.25) is 4.79 Å². The smallest absolute Gasteiger partial charge is 0.236 e. The van der Waals surface area contributed by atoms with Crippen molar-refractivity contribution < 1.29 is 14.3 Å². The number of benzene rings is 2. The van der Waals surface area contributed by atoms with Gasteiger partial charge in [0.2, 0.25) is 5.91 Å². The van der Waals surface area contributed by atoms with E-state index in [1.165, 1.54) is 0 Å². The summed E-state index contributed by atoms with van der Waals surface area (Å²) < 4.78 is 10.9. The summed E-state index contributed by atoms with van der Waals surface area (Å²) in [5.74, 6) is 1.71. The van der Waals surface area contributed by atoms with Crippen LogP contribution in [0.15, 0.2) is 53.4 Å². The lowest BCUT2D eigenvalue weighted by atomic mass is 10.0. The van der Waals surface area contributed by atoms with Crippen molar-refractivity contribution in [1.82, 2.24) is 4.90 Å². The maximum absolute atomic E-state index is 13.1. The SMILES string of the molecule is COc1ccc([C@@H]2CCCN2C(=O)[C@@H](C)Sc2ccccc2)c(OC)c1. The van der Waals surface area contributed by atoms with E-state index >= 15 is 0 Å². The molecule has 1 amide bonds. The number of hydrogen-bond donors (Lipinski definition) is 0. The molecule has 2 atom stereocenters. The van der Waals surface area contributed by atoms with Crippen molar-refractivity contribution >= 4 is 17.7 Å². The summed E-state index contributed by atoms with van der Waals surface area (Å²) in [7, 11) is 3.30. The van der Waals surface area contributed by atoms with E-state index in [0.717, 1.165) is 41.3 Å². The van der Waals surface area contributed by atoms with Crippen molar-refractivity contribution in [2.45, 2.75) is 36.0 Å². The zero-order valence-corrected chi connectivity index (χ0v) is 16.3. The van der Waals surface area contributed by atoms with Crippen molar-refractivity contribution in [2.75, 3.05) is 20.8 Å². The zero-order valence-electron chi connectivity index (χ0n) is 15.5. The van der Waals surface area contributed by atoms with E-state index in [1.807, 2.05) is 60.4 Å². The van der Waals surface area contributed by atoms with Gasteiger partial charge in [0.25, 0.3) is 0 Å². The third-order valence-electron chi connectivity index (χ3n) is 4.74. The van der Waals surface area contributed by atoms with Crippen LogP contribution >= 0.6 is 11.8 Å². The Balaban J connectivity index is 1.78. The number of ether oxygens (including phenoxy) is 2. The summed E-state index contributed by atoms with van der Waals surface area (Å²) in [6.07, 6.45) is 1.96. The molecule has 0 unspecified atom stereocenters. The molecule has 5 heteroatoms. The predicted octanol–water partition coefficient (Wildman–Crippen LogP) is 4.55. The van der Waals surface area contributed by atoms with Gasteiger partial charge in [0.15, 0.2) is 0 Å². The number of rotatable bonds is 6. The Labute approximate surface area is 159 Å². The Kier molecular flexibility index (Phi) is 6.09. The van der Waals surface area contributed by atoms with Gasteiger partial charge >= 0.3 is 0 Å². The topological polar surface area (TPSA) is 38.8 Å². The van der Waals surface area contributed by atoms with Crippen LogP contribution in [0.4, 0.5) is 0 Å². The van der Waals surface area contributed by atoms with E-state index in [2.05, 4.69) is 0 Å². The first kappa shape index (κ1) is 18.6. The Bertz CT molecular complexity index is 750. The maximum Gasteiger partial charge on any atom is 0.236 e. The van der Waals surface area contributed by atoms with Gasteiger partial charge in [-0.2, -0.15) is 0 Å². The average Bonchev–Trinajstić information content (AvgIpc) is 3.17. The molecular weight excluding hydrogens is 346 g/mol. The lowest BCUT2D eigenvalue weighted by molar-refractivity contribution is -0.131. The van der Waals surface area contributed by atoms with Gasteiger partial charge < -0.3 is 14.4 Å². The minimum atomic E-state index is -0.123. The van der Waals surface area contributed by atoms with E-state index in [1.54, 1.807) is 26.0 Å². The van der Waals surface area contributed by atoms with Gasteiger partial charge in [0, 0.05) is 23.1 Å². The number of nitrogens with zero attached hydrogens (tertiary/aromatic N) is 1. The normalized spacial score (nSPS) is 17.8. The van der Waals surface area contributed by atoms with Crippen molar-refractivity contribution in [2.24, 2.45) is 0 Å². The maximum atomic E-state index is 13.1. The van der Waals surface area contributed by atoms with E-state index in [0.29, 0.717) is 0 Å². The highest BCUT2D eigenvalue weighted by Gasteiger charge is 2.34. The van der Waals surface area contributed by atoms with Crippen molar-refractivity contribution in [3.05, 3.63) is 54.1 Å². The first-order valence-corrected chi connectivity index (χ1v) is 9.76. The predicted molar refractivity (Wildman–Crippen MR) is 105 cm³/mol. The second-order valence-corrected chi connectivity index (χ2v) is 7.78. The third-order valence-corrected chi connectivity index (χ3v) is 5.84. The fraction of sp³-hybridized carbons (Fsp3) is 0.381. The lowest BCUT2D eigenvalue weighted by Gasteiger charge is -2.28. The van der Waals surface area contributed by atoms with Gasteiger partial charge in [-0.1, -0.05) is 18.2 Å². The Morgan fingerprint density at radius 1 is 1.15 bits per heavy atom. The summed E-state index contributed by atoms with van der Waals surface area (Å²) in [4.78, 5) is 16.2. The van der Waals surface area contributed by atoms with Crippen LogP contribution in [-0.4, -0.2) is 36.8 Å². The summed E-state index contributed by atoms with van der Waals surface area (Å²) in [5.41, 5.74) is 1.05. The van der Waals surface area contributed by atoms with Crippen LogP contribution in [0, 0.1) is 0 Å². The fourth-order valence-corrected chi connectivity index (χ4v) is 4.39. The van der Waals surface area contributed by atoms with E-state index in [4.69, 9.17) is 9.47 Å². The summed E-state index contributed by atoms with van der Waals surface area (Å²) in [6, 6.07) is 16.0. The van der Waals surface area contributed by atoms with Crippen LogP contribution < -0.4 is 9.47 Å². The molecule has 0 aliphatic carbocycles. The van der Waals surface area contributed by atoms with Crippen LogP contribution in [0.3, 0.4) is 0 Å². The lowest BCUT2D eigenvalue weighted by Crippen LogP contribution is -2.36. The fourth-order valence-electron chi connectivity index (χ4n) is 3.43. The second-order valence-electron chi connectivity index (χ2n) is 6.37. The van der Waals surface area contributed by atoms with Crippen LogP contribution in [-0.2, 0) is 4.79 Å². The van der Waals surface area contributed by atoms with Gasteiger partial charge in [0.1, 0.15) is 11.5 Å². The quantitative estimate of drug-likeness (QED) is 0.699. The number of methoxy groups -OCH3 is 2. The molecule has 0 aromatic heterocycles. The molecule has 1 heterocycles. The first-order valence-electron chi connectivity index (χ1n) is 8.88. The standard InChI is InChI=1S/C21H25NO3S/c1-15(26-17-8-5-4-6-9-17)21(23)22-13-7-10-19(22)18-12-11-16(24-2)14-20(18)25-3/h4-6,8-9,11-12,14-15,19H,7,10,13H2,1-3H3/t15-,19+/m1/s1. The van der Waals surface area contributed by atoms with Crippen LogP contribution in [0.1, 0.15) is 31.4 Å². The average molecular weight is 372 g/mol. The monoisotopic (exact) mass is 371 g/mol. The molecule has 0 radical (unpaired) electrons. The number of carbonyl (C=O) groups is 1. The molecule has 0 bridgehead atoms. The van der Waals surface area contributed by atoms with Gasteiger partial charge in [0.05, 0.1) is 25.5 Å². The Morgan fingerprint density at radius 3 is 2.62 bits per heavy atom. The molecule has 3 rings (SSSR count). The highest BCUT2D eigenvalue weighted by atomic mass is 32.2. The Hall–Kier alpha value is -2.14. The van der Waals surface area contributed by atoms with Gasteiger partial charge in [-0.15, -0.1) is 11.8 Å². The number of likely N-dealkylation sites (tertiary alicyclic amines) is 1. The molecule has 1 saturated heterocycles. The van der Waals surface area contributed by atoms with Gasteiger partial charge in [-0.05, 0) is 44.0 Å². The number of hydrogen-bond acceptors (Lipinski definition) is 4. The molecule has 0 saturated carbocycles. The largest absolute Gasteiger partial charge is 0.497 e. The zero-order chi connectivity index (χ0) is 18.5. The van der Waals surface area contributed by atoms with Crippen molar-refractivity contribution in [3.63, 3.8) is 0 Å².